The molecule has 1 aliphatic heterocycles. The molecule has 0 aromatic heterocycles. The van der Waals surface area contributed by atoms with Crippen molar-refractivity contribution in [2.75, 3.05) is 13.4 Å². The lowest BCUT2D eigenvalue weighted by atomic mass is 10.1. The first-order valence-corrected chi connectivity index (χ1v) is 3.62. The summed E-state index contributed by atoms with van der Waals surface area (Å²) in [5.41, 5.74) is 1.17. The second-order valence-corrected chi connectivity index (χ2v) is 2.48. The Bertz CT molecular complexity index is 214. The minimum Gasteiger partial charge on any atom is -0.352 e. The second-order valence-electron chi connectivity index (χ2n) is 2.48. The summed E-state index contributed by atoms with van der Waals surface area (Å²) in [5.74, 6) is 0. The summed E-state index contributed by atoms with van der Waals surface area (Å²) < 4.78 is 10.4. The van der Waals surface area contributed by atoms with Crippen LogP contribution in [0.5, 0.6) is 0 Å². The summed E-state index contributed by atoms with van der Waals surface area (Å²) >= 11 is 0. The van der Waals surface area contributed by atoms with Crippen molar-refractivity contribution in [1.82, 2.24) is 0 Å². The monoisotopic (exact) mass is 149 g/mol. The molecule has 11 heavy (non-hydrogen) atoms. The van der Waals surface area contributed by atoms with Gasteiger partial charge in [-0.1, -0.05) is 24.3 Å². The predicted molar refractivity (Wildman–Crippen MR) is 39.9 cm³/mol. The van der Waals surface area contributed by atoms with Gasteiger partial charge in [0, 0.05) is 0 Å². The van der Waals surface area contributed by atoms with E-state index >= 15 is 0 Å². The number of hydrogen-bond donors (Lipinski definition) is 0. The van der Waals surface area contributed by atoms with Gasteiger partial charge in [0.2, 0.25) is 0 Å². The lowest BCUT2D eigenvalue weighted by molar-refractivity contribution is 0.0466. The fourth-order valence-corrected chi connectivity index (χ4v) is 1.14. The van der Waals surface area contributed by atoms with Gasteiger partial charge in [-0.05, 0) is 11.6 Å². The van der Waals surface area contributed by atoms with Crippen LogP contribution in [0.15, 0.2) is 24.3 Å². The van der Waals surface area contributed by atoms with Gasteiger partial charge in [-0.3, -0.25) is 0 Å². The first-order valence-electron chi connectivity index (χ1n) is 3.62. The van der Waals surface area contributed by atoms with Crippen molar-refractivity contribution in [2.45, 2.75) is 6.10 Å². The third kappa shape index (κ3) is 1.42. The van der Waals surface area contributed by atoms with Gasteiger partial charge in [0.15, 0.2) is 0 Å². The van der Waals surface area contributed by atoms with Crippen molar-refractivity contribution in [3.63, 3.8) is 0 Å². The fraction of sp³-hybridized carbons (Fsp3) is 0.333. The highest BCUT2D eigenvalue weighted by Crippen LogP contribution is 2.21. The highest BCUT2D eigenvalue weighted by atomic mass is 16.7. The molecule has 1 radical (unpaired) electrons. The summed E-state index contributed by atoms with van der Waals surface area (Å²) in [6.45, 7) is 1.09. The van der Waals surface area contributed by atoms with Crippen LogP contribution in [0.25, 0.3) is 0 Å². The Morgan fingerprint density at radius 3 is 2.82 bits per heavy atom. The van der Waals surface area contributed by atoms with Gasteiger partial charge in [-0.2, -0.15) is 0 Å². The minimum absolute atomic E-state index is 0.129. The number of benzene rings is 1. The van der Waals surface area contributed by atoms with E-state index in [2.05, 4.69) is 6.07 Å². The van der Waals surface area contributed by atoms with E-state index in [-0.39, 0.29) is 6.10 Å². The molecule has 2 nitrogen and oxygen atoms in total. The van der Waals surface area contributed by atoms with E-state index in [0.29, 0.717) is 13.4 Å². The van der Waals surface area contributed by atoms with E-state index in [4.69, 9.17) is 9.47 Å². The molecule has 1 heterocycles. The van der Waals surface area contributed by atoms with Gasteiger partial charge in [0.25, 0.3) is 0 Å². The third-order valence-electron chi connectivity index (χ3n) is 1.74. The molecule has 1 aromatic rings. The molecule has 1 saturated heterocycles. The van der Waals surface area contributed by atoms with Gasteiger partial charge in [0.1, 0.15) is 12.9 Å². The van der Waals surface area contributed by atoms with Crippen LogP contribution in [0.4, 0.5) is 0 Å². The molecule has 1 atom stereocenters. The highest BCUT2D eigenvalue weighted by molar-refractivity contribution is 5.17. The summed E-state index contributed by atoms with van der Waals surface area (Å²) in [6, 6.07) is 10.7. The van der Waals surface area contributed by atoms with Crippen LogP contribution in [0.1, 0.15) is 11.7 Å². The number of ether oxygens (including phenoxy) is 2. The zero-order chi connectivity index (χ0) is 7.52. The summed E-state index contributed by atoms with van der Waals surface area (Å²) in [7, 11) is 0. The second kappa shape index (κ2) is 3.03. The molecule has 57 valence electrons. The Labute approximate surface area is 65.7 Å². The van der Waals surface area contributed by atoms with Gasteiger partial charge >= 0.3 is 0 Å². The van der Waals surface area contributed by atoms with E-state index in [9.17, 15) is 0 Å². The van der Waals surface area contributed by atoms with E-state index in [1.807, 2.05) is 24.3 Å². The molecule has 1 fully saturated rings. The van der Waals surface area contributed by atoms with Gasteiger partial charge in [-0.25, -0.2) is 0 Å². The molecule has 0 bridgehead atoms. The molecule has 0 amide bonds. The Morgan fingerprint density at radius 2 is 2.18 bits per heavy atom. The van der Waals surface area contributed by atoms with Crippen LogP contribution in [-0.2, 0) is 9.47 Å². The lowest BCUT2D eigenvalue weighted by Crippen LogP contribution is -1.98. The van der Waals surface area contributed by atoms with E-state index in [0.717, 1.165) is 0 Å². The van der Waals surface area contributed by atoms with Crippen LogP contribution in [0, 0.1) is 6.07 Å². The zero-order valence-corrected chi connectivity index (χ0v) is 6.12. The maximum Gasteiger partial charge on any atom is 0.147 e. The average Bonchev–Trinajstić information content (AvgIpc) is 2.58. The molecule has 2 rings (SSSR count). The largest absolute Gasteiger partial charge is 0.352 e. The molecule has 1 unspecified atom stereocenters. The first-order chi connectivity index (χ1) is 5.47. The van der Waals surface area contributed by atoms with Crippen LogP contribution in [-0.4, -0.2) is 13.4 Å². The number of hydrogen-bond acceptors (Lipinski definition) is 2. The van der Waals surface area contributed by atoms with Crippen molar-refractivity contribution < 1.29 is 9.47 Å². The Morgan fingerprint density at radius 1 is 1.36 bits per heavy atom. The molecular formula is C9H9O2. The Kier molecular flexibility index (Phi) is 1.88. The molecule has 0 aliphatic carbocycles. The van der Waals surface area contributed by atoms with Crippen LogP contribution in [0.3, 0.4) is 0 Å². The summed E-state index contributed by atoms with van der Waals surface area (Å²) in [6.07, 6.45) is 0.129. The smallest absolute Gasteiger partial charge is 0.147 e. The highest BCUT2D eigenvalue weighted by Gasteiger charge is 2.16. The van der Waals surface area contributed by atoms with Gasteiger partial charge in [-0.15, -0.1) is 0 Å². The van der Waals surface area contributed by atoms with Gasteiger partial charge < -0.3 is 9.47 Å². The quantitative estimate of drug-likeness (QED) is 0.603. The van der Waals surface area contributed by atoms with Gasteiger partial charge in [0.05, 0.1) is 6.61 Å². The maximum atomic E-state index is 5.30. The van der Waals surface area contributed by atoms with E-state index in [1.54, 1.807) is 0 Å². The summed E-state index contributed by atoms with van der Waals surface area (Å²) in [5, 5.41) is 0. The molecule has 1 aromatic carbocycles. The molecule has 1 aliphatic rings. The number of rotatable bonds is 1. The Balaban J connectivity index is 2.16. The third-order valence-corrected chi connectivity index (χ3v) is 1.74. The molecule has 2 heteroatoms. The van der Waals surface area contributed by atoms with E-state index in [1.165, 1.54) is 5.56 Å². The van der Waals surface area contributed by atoms with Crippen LogP contribution in [0.2, 0.25) is 0 Å². The van der Waals surface area contributed by atoms with Crippen molar-refractivity contribution >= 4 is 0 Å². The predicted octanol–water partition coefficient (Wildman–Crippen LogP) is 1.53. The normalized spacial score (nSPS) is 23.8. The average molecular weight is 149 g/mol. The van der Waals surface area contributed by atoms with E-state index < -0.39 is 0 Å². The maximum absolute atomic E-state index is 5.30. The standard InChI is InChI=1S/C9H9O2/c1-2-4-8(5-3-1)9-6-10-7-11-9/h2-5,9H,6-7H2. The van der Waals surface area contributed by atoms with Crippen molar-refractivity contribution in [3.05, 3.63) is 35.9 Å². The Hall–Kier alpha value is -0.860. The zero-order valence-electron chi connectivity index (χ0n) is 6.12. The summed E-state index contributed by atoms with van der Waals surface area (Å²) in [4.78, 5) is 0. The van der Waals surface area contributed by atoms with Crippen molar-refractivity contribution in [2.24, 2.45) is 0 Å². The molecular weight excluding hydrogens is 140 g/mol. The topological polar surface area (TPSA) is 18.5 Å². The van der Waals surface area contributed by atoms with Crippen molar-refractivity contribution in [3.8, 4) is 0 Å². The fourth-order valence-electron chi connectivity index (χ4n) is 1.14. The van der Waals surface area contributed by atoms with Crippen LogP contribution < -0.4 is 0 Å². The minimum atomic E-state index is 0.129. The molecule has 0 saturated carbocycles. The SMILES string of the molecule is [c]1ccc(C2COCO2)cc1. The molecule has 0 spiro atoms. The van der Waals surface area contributed by atoms with Crippen LogP contribution >= 0.6 is 0 Å². The molecule has 0 N–H and O–H groups in total. The lowest BCUT2D eigenvalue weighted by Gasteiger charge is -2.05. The first kappa shape index (κ1) is 6.83. The van der Waals surface area contributed by atoms with Crippen molar-refractivity contribution in [1.29, 1.82) is 0 Å².